The number of aliphatic hydroxyl groups excluding tert-OH is 1. The van der Waals surface area contributed by atoms with Crippen LogP contribution in [0.5, 0.6) is 0 Å². The van der Waals surface area contributed by atoms with Gasteiger partial charge in [0.2, 0.25) is 5.91 Å². The summed E-state index contributed by atoms with van der Waals surface area (Å²) >= 11 is 0. The molecule has 0 aliphatic carbocycles. The van der Waals surface area contributed by atoms with E-state index in [1.807, 2.05) is 12.2 Å². The predicted octanol–water partition coefficient (Wildman–Crippen LogP) is 10.3. The normalized spacial score (nSPS) is 14.3. The van der Waals surface area contributed by atoms with Crippen LogP contribution in [-0.2, 0) is 14.9 Å². The lowest BCUT2D eigenvalue weighted by Gasteiger charge is -2.23. The summed E-state index contributed by atoms with van der Waals surface area (Å²) in [6, 6.07) is -1.01. The Balaban J connectivity index is 4.11. The van der Waals surface area contributed by atoms with Crippen LogP contribution in [0.2, 0.25) is 0 Å². The minimum absolute atomic E-state index is 0.190. The number of aliphatic hydroxyl groups is 1. The smallest absolute Gasteiger partial charge is 0.266 e. The van der Waals surface area contributed by atoms with Gasteiger partial charge in [0.15, 0.2) is 0 Å². The van der Waals surface area contributed by atoms with Gasteiger partial charge in [0.25, 0.3) is 10.1 Å². The fourth-order valence-corrected chi connectivity index (χ4v) is 5.76. The Hall–Kier alpha value is -2.22. The lowest BCUT2D eigenvalue weighted by molar-refractivity contribution is -0.122. The maximum absolute atomic E-state index is 12.4. The van der Waals surface area contributed by atoms with Crippen LogP contribution in [0.15, 0.2) is 72.9 Å². The van der Waals surface area contributed by atoms with Crippen molar-refractivity contribution in [2.75, 3.05) is 5.75 Å². The van der Waals surface area contributed by atoms with E-state index in [9.17, 15) is 22.9 Å². The molecule has 0 aromatic heterocycles. The van der Waals surface area contributed by atoms with Crippen LogP contribution in [0, 0.1) is 0 Å². The van der Waals surface area contributed by atoms with Crippen molar-refractivity contribution in [3.63, 3.8) is 0 Å². The summed E-state index contributed by atoms with van der Waals surface area (Å²) in [4.78, 5) is 12.4. The van der Waals surface area contributed by atoms with Gasteiger partial charge in [-0.25, -0.2) is 0 Å². The van der Waals surface area contributed by atoms with E-state index in [1.165, 1.54) is 57.8 Å². The minimum atomic E-state index is -4.33. The standard InChI is InChI=1S/C39H67NO5S/c1-3-5-7-9-11-13-15-17-18-19-20-21-22-23-25-27-29-31-33-35-39(42)40-37(36-46(43,44)45)38(41)34-32-30-28-26-24-16-14-12-10-8-6-4-2/h5,7,11,13,17-18,20-21,23,25,29,31,37-38,41H,3-4,6,8-10,12,14-16,19,22,24,26-28,30,32-36H2,1-2H3,(H,40,42)(H,43,44,45)/b7-5-,13-11-,18-17-,21-20-,25-23-,31-29-. The van der Waals surface area contributed by atoms with Crippen LogP contribution < -0.4 is 5.32 Å². The maximum atomic E-state index is 12.4. The highest BCUT2D eigenvalue weighted by molar-refractivity contribution is 7.85. The molecule has 0 aromatic rings. The lowest BCUT2D eigenvalue weighted by Crippen LogP contribution is -2.47. The Labute approximate surface area is 283 Å². The third kappa shape index (κ3) is 33.2. The summed E-state index contributed by atoms with van der Waals surface area (Å²) in [5, 5.41) is 13.2. The molecule has 0 rings (SSSR count). The van der Waals surface area contributed by atoms with Crippen LogP contribution in [0.25, 0.3) is 0 Å². The average molecular weight is 662 g/mol. The minimum Gasteiger partial charge on any atom is -0.391 e. The van der Waals surface area contributed by atoms with Crippen molar-refractivity contribution >= 4 is 16.0 Å². The summed E-state index contributed by atoms with van der Waals surface area (Å²) in [6.45, 7) is 4.38. The number of unbranched alkanes of at least 4 members (excludes halogenated alkanes) is 11. The molecule has 0 aliphatic rings. The molecule has 0 radical (unpaired) electrons. The Morgan fingerprint density at radius 2 is 1.00 bits per heavy atom. The monoisotopic (exact) mass is 661 g/mol. The van der Waals surface area contributed by atoms with Crippen molar-refractivity contribution in [3.05, 3.63) is 72.9 Å². The molecule has 6 nitrogen and oxygen atoms in total. The fraction of sp³-hybridized carbons (Fsp3) is 0.667. The van der Waals surface area contributed by atoms with Gasteiger partial charge in [0.05, 0.1) is 17.9 Å². The molecule has 0 heterocycles. The number of carbonyl (C=O) groups excluding carboxylic acids is 1. The van der Waals surface area contributed by atoms with E-state index in [4.69, 9.17) is 0 Å². The largest absolute Gasteiger partial charge is 0.391 e. The van der Waals surface area contributed by atoms with Crippen molar-refractivity contribution in [2.24, 2.45) is 0 Å². The van der Waals surface area contributed by atoms with Crippen LogP contribution in [0.4, 0.5) is 0 Å². The first kappa shape index (κ1) is 43.8. The number of allylic oxidation sites excluding steroid dienone is 12. The first-order valence-electron chi connectivity index (χ1n) is 18.1. The molecule has 0 aliphatic heterocycles. The molecule has 264 valence electrons. The molecule has 46 heavy (non-hydrogen) atoms. The lowest BCUT2D eigenvalue weighted by atomic mass is 10.0. The first-order valence-corrected chi connectivity index (χ1v) is 19.7. The molecule has 3 N–H and O–H groups in total. The number of hydrogen-bond acceptors (Lipinski definition) is 4. The maximum Gasteiger partial charge on any atom is 0.266 e. The average Bonchev–Trinajstić information content (AvgIpc) is 3.01. The molecule has 0 spiro atoms. The molecule has 0 fully saturated rings. The van der Waals surface area contributed by atoms with Crippen LogP contribution >= 0.6 is 0 Å². The Morgan fingerprint density at radius 3 is 1.41 bits per heavy atom. The van der Waals surface area contributed by atoms with Gasteiger partial charge < -0.3 is 10.4 Å². The molecular weight excluding hydrogens is 594 g/mol. The van der Waals surface area contributed by atoms with Crippen molar-refractivity contribution < 1.29 is 22.9 Å². The summed E-state index contributed by atoms with van der Waals surface area (Å²) in [7, 11) is -4.33. The third-order valence-electron chi connectivity index (χ3n) is 7.69. The number of rotatable bonds is 31. The Kier molecular flexibility index (Phi) is 31.1. The van der Waals surface area contributed by atoms with Crippen molar-refractivity contribution in [1.82, 2.24) is 5.32 Å². The van der Waals surface area contributed by atoms with Gasteiger partial charge in [0, 0.05) is 6.42 Å². The quantitative estimate of drug-likeness (QED) is 0.0390. The zero-order chi connectivity index (χ0) is 34.0. The predicted molar refractivity (Wildman–Crippen MR) is 197 cm³/mol. The topological polar surface area (TPSA) is 104 Å². The van der Waals surface area contributed by atoms with E-state index in [0.29, 0.717) is 12.8 Å². The number of carbonyl (C=O) groups is 1. The summed E-state index contributed by atoms with van der Waals surface area (Å²) < 4.78 is 32.4. The van der Waals surface area contributed by atoms with Crippen LogP contribution in [0.1, 0.15) is 149 Å². The summed E-state index contributed by atoms with van der Waals surface area (Å²) in [5.74, 6) is -1.01. The van der Waals surface area contributed by atoms with E-state index < -0.39 is 28.0 Å². The molecule has 2 unspecified atom stereocenters. The van der Waals surface area contributed by atoms with Crippen molar-refractivity contribution in [1.29, 1.82) is 0 Å². The first-order chi connectivity index (χ1) is 22.3. The van der Waals surface area contributed by atoms with Crippen LogP contribution in [-0.4, -0.2) is 41.9 Å². The molecule has 0 aromatic carbocycles. The number of hydrogen-bond donors (Lipinski definition) is 3. The van der Waals surface area contributed by atoms with Crippen molar-refractivity contribution in [3.8, 4) is 0 Å². The fourth-order valence-electron chi connectivity index (χ4n) is 5.00. The number of nitrogens with one attached hydrogen (secondary N) is 1. The highest BCUT2D eigenvalue weighted by Gasteiger charge is 2.25. The summed E-state index contributed by atoms with van der Waals surface area (Å²) in [6.07, 6.45) is 45.7. The Morgan fingerprint density at radius 1 is 0.609 bits per heavy atom. The zero-order valence-corrected chi connectivity index (χ0v) is 30.0. The molecular formula is C39H67NO5S. The highest BCUT2D eigenvalue weighted by atomic mass is 32.2. The van der Waals surface area contributed by atoms with Crippen molar-refractivity contribution in [2.45, 2.75) is 161 Å². The van der Waals surface area contributed by atoms with Crippen LogP contribution in [0.3, 0.4) is 0 Å². The second kappa shape index (κ2) is 32.7. The van der Waals surface area contributed by atoms with Gasteiger partial charge >= 0.3 is 0 Å². The van der Waals surface area contributed by atoms with Gasteiger partial charge in [-0.05, 0) is 51.4 Å². The number of amides is 1. The van der Waals surface area contributed by atoms with Gasteiger partial charge in [-0.1, -0.05) is 164 Å². The molecule has 0 saturated heterocycles. The van der Waals surface area contributed by atoms with Gasteiger partial charge in [-0.2, -0.15) is 8.42 Å². The molecule has 0 saturated carbocycles. The van der Waals surface area contributed by atoms with Gasteiger partial charge in [-0.15, -0.1) is 0 Å². The third-order valence-corrected chi connectivity index (χ3v) is 8.47. The van der Waals surface area contributed by atoms with E-state index in [2.05, 4.69) is 79.9 Å². The zero-order valence-electron chi connectivity index (χ0n) is 29.2. The SMILES string of the molecule is CC/C=C\C/C=C\C/C=C\C/C=C\C/C=C\C/C=C\CCC(=O)NC(CS(=O)(=O)O)C(O)CCCCCCCCCCCCCC. The molecule has 7 heteroatoms. The van der Waals surface area contributed by atoms with E-state index in [0.717, 1.165) is 57.8 Å². The molecule has 2 atom stereocenters. The summed E-state index contributed by atoms with van der Waals surface area (Å²) in [5.41, 5.74) is 0. The highest BCUT2D eigenvalue weighted by Crippen LogP contribution is 2.14. The molecule has 1 amide bonds. The Bertz CT molecular complexity index is 994. The van der Waals surface area contributed by atoms with Gasteiger partial charge in [-0.3, -0.25) is 9.35 Å². The van der Waals surface area contributed by atoms with E-state index in [-0.39, 0.29) is 12.3 Å². The second-order valence-electron chi connectivity index (χ2n) is 12.1. The van der Waals surface area contributed by atoms with E-state index in [1.54, 1.807) is 0 Å². The second-order valence-corrected chi connectivity index (χ2v) is 13.6. The van der Waals surface area contributed by atoms with E-state index >= 15 is 0 Å². The van der Waals surface area contributed by atoms with Gasteiger partial charge in [0.1, 0.15) is 0 Å². The molecule has 0 bridgehead atoms.